The number of aromatic nitrogens is 2. The maximum absolute atomic E-state index is 5.02. The van der Waals surface area contributed by atoms with Crippen molar-refractivity contribution < 1.29 is 4.74 Å². The predicted octanol–water partition coefficient (Wildman–Crippen LogP) is 3.04. The van der Waals surface area contributed by atoms with Crippen molar-refractivity contribution >= 4 is 0 Å². The van der Waals surface area contributed by atoms with Crippen molar-refractivity contribution in [1.82, 2.24) is 10.2 Å². The molecule has 0 spiro atoms. The van der Waals surface area contributed by atoms with E-state index in [2.05, 4.69) is 34.8 Å². The number of nitrogens with zero attached hydrogens (tertiary/aromatic N) is 2. The van der Waals surface area contributed by atoms with Gasteiger partial charge in [0, 0.05) is 11.6 Å². The molecule has 1 aromatic heterocycles. The number of hydrogen-bond acceptors (Lipinski definition) is 3. The molecule has 2 aromatic rings. The first-order chi connectivity index (χ1) is 8.86. The van der Waals surface area contributed by atoms with Gasteiger partial charge in [-0.15, -0.1) is 10.2 Å². The van der Waals surface area contributed by atoms with Crippen LogP contribution in [0.15, 0.2) is 30.3 Å². The maximum atomic E-state index is 5.02. The molecule has 1 aliphatic carbocycles. The van der Waals surface area contributed by atoms with Crippen LogP contribution in [0.25, 0.3) is 11.3 Å². The highest BCUT2D eigenvalue weighted by Gasteiger charge is 2.11. The van der Waals surface area contributed by atoms with Gasteiger partial charge in [-0.05, 0) is 48.9 Å². The summed E-state index contributed by atoms with van der Waals surface area (Å²) < 4.78 is 5.02. The molecule has 91 valence electrons. The SMILES string of the molecule is COc1ccc(-c2ccc3c(c2)[CH]CCC3)nn1. The molecule has 1 aromatic carbocycles. The van der Waals surface area contributed by atoms with Crippen LogP contribution in [0, 0.1) is 6.42 Å². The van der Waals surface area contributed by atoms with Gasteiger partial charge in [0.1, 0.15) is 0 Å². The van der Waals surface area contributed by atoms with Crippen molar-refractivity contribution in [2.24, 2.45) is 0 Å². The second-order valence-corrected chi connectivity index (χ2v) is 4.47. The van der Waals surface area contributed by atoms with Gasteiger partial charge in [0.05, 0.1) is 12.8 Å². The molecular weight excluding hydrogens is 224 g/mol. The lowest BCUT2D eigenvalue weighted by atomic mass is 9.90. The third kappa shape index (κ3) is 2.08. The van der Waals surface area contributed by atoms with Gasteiger partial charge in [0.15, 0.2) is 0 Å². The zero-order chi connectivity index (χ0) is 12.4. The van der Waals surface area contributed by atoms with Crippen LogP contribution in [0.5, 0.6) is 5.88 Å². The highest BCUT2D eigenvalue weighted by Crippen LogP contribution is 2.27. The van der Waals surface area contributed by atoms with E-state index in [-0.39, 0.29) is 0 Å². The standard InChI is InChI=1S/C15H15N2O/c1-18-15-9-8-14(16-17-15)13-7-6-11-4-2-3-5-12(11)10-13/h5-10H,2-4H2,1H3. The number of benzene rings is 1. The third-order valence-electron chi connectivity index (χ3n) is 3.31. The van der Waals surface area contributed by atoms with Crippen LogP contribution < -0.4 is 4.74 Å². The van der Waals surface area contributed by atoms with E-state index in [1.165, 1.54) is 30.4 Å². The quantitative estimate of drug-likeness (QED) is 0.808. The fraction of sp³-hybridized carbons (Fsp3) is 0.267. The van der Waals surface area contributed by atoms with Gasteiger partial charge in [-0.2, -0.15) is 0 Å². The topological polar surface area (TPSA) is 35.0 Å². The molecule has 18 heavy (non-hydrogen) atoms. The van der Waals surface area contributed by atoms with Gasteiger partial charge in [-0.25, -0.2) is 0 Å². The zero-order valence-corrected chi connectivity index (χ0v) is 10.4. The van der Waals surface area contributed by atoms with Gasteiger partial charge < -0.3 is 4.74 Å². The lowest BCUT2D eigenvalue weighted by molar-refractivity contribution is 0.392. The normalized spacial score (nSPS) is 14.1. The smallest absolute Gasteiger partial charge is 0.233 e. The molecule has 0 amide bonds. The fourth-order valence-corrected chi connectivity index (χ4v) is 2.30. The highest BCUT2D eigenvalue weighted by molar-refractivity contribution is 5.62. The van der Waals surface area contributed by atoms with E-state index in [1.807, 2.05) is 12.1 Å². The first-order valence-corrected chi connectivity index (χ1v) is 6.21. The Hall–Kier alpha value is -1.90. The number of aryl methyl sites for hydroxylation is 1. The molecule has 0 saturated heterocycles. The van der Waals surface area contributed by atoms with E-state index in [0.29, 0.717) is 5.88 Å². The monoisotopic (exact) mass is 239 g/mol. The van der Waals surface area contributed by atoms with E-state index in [0.717, 1.165) is 11.3 Å². The average molecular weight is 239 g/mol. The van der Waals surface area contributed by atoms with Crippen LogP contribution >= 0.6 is 0 Å². The number of fused-ring (bicyclic) bond motifs is 1. The van der Waals surface area contributed by atoms with Crippen LogP contribution in [0.1, 0.15) is 24.0 Å². The number of ether oxygens (including phenoxy) is 1. The van der Waals surface area contributed by atoms with Crippen molar-refractivity contribution in [2.45, 2.75) is 19.3 Å². The van der Waals surface area contributed by atoms with E-state index in [1.54, 1.807) is 7.11 Å². The van der Waals surface area contributed by atoms with Gasteiger partial charge in [0.25, 0.3) is 0 Å². The van der Waals surface area contributed by atoms with E-state index in [4.69, 9.17) is 4.74 Å². The Balaban J connectivity index is 1.95. The molecule has 0 aliphatic heterocycles. The predicted molar refractivity (Wildman–Crippen MR) is 70.4 cm³/mol. The second-order valence-electron chi connectivity index (χ2n) is 4.47. The van der Waals surface area contributed by atoms with E-state index >= 15 is 0 Å². The van der Waals surface area contributed by atoms with Gasteiger partial charge >= 0.3 is 0 Å². The minimum atomic E-state index is 0.545. The number of methoxy groups -OCH3 is 1. The summed E-state index contributed by atoms with van der Waals surface area (Å²) in [5.74, 6) is 0.545. The molecule has 0 bridgehead atoms. The van der Waals surface area contributed by atoms with E-state index < -0.39 is 0 Å². The average Bonchev–Trinajstić information content (AvgIpc) is 2.47. The highest BCUT2D eigenvalue weighted by atomic mass is 16.5. The minimum Gasteiger partial charge on any atom is -0.480 e. The Morgan fingerprint density at radius 2 is 2.06 bits per heavy atom. The summed E-state index contributed by atoms with van der Waals surface area (Å²) in [6.07, 6.45) is 5.92. The molecule has 1 aliphatic rings. The van der Waals surface area contributed by atoms with Crippen LogP contribution in [0.4, 0.5) is 0 Å². The van der Waals surface area contributed by atoms with Crippen molar-refractivity contribution in [1.29, 1.82) is 0 Å². The second kappa shape index (κ2) is 4.77. The lowest BCUT2D eigenvalue weighted by Gasteiger charge is -2.15. The summed E-state index contributed by atoms with van der Waals surface area (Å²) in [5.41, 5.74) is 4.78. The van der Waals surface area contributed by atoms with Crippen LogP contribution in [-0.2, 0) is 6.42 Å². The first kappa shape index (κ1) is 11.2. The zero-order valence-electron chi connectivity index (χ0n) is 10.4. The molecule has 3 nitrogen and oxygen atoms in total. The lowest BCUT2D eigenvalue weighted by Crippen LogP contribution is -2.01. The summed E-state index contributed by atoms with van der Waals surface area (Å²) in [6, 6.07) is 10.3. The fourth-order valence-electron chi connectivity index (χ4n) is 2.30. The Labute approximate surface area is 107 Å². The summed E-state index contributed by atoms with van der Waals surface area (Å²) in [5, 5.41) is 8.18. The Bertz CT molecular complexity index is 549. The van der Waals surface area contributed by atoms with Crippen molar-refractivity contribution in [3.8, 4) is 17.1 Å². The molecule has 3 heteroatoms. The van der Waals surface area contributed by atoms with Crippen molar-refractivity contribution in [2.75, 3.05) is 7.11 Å². The van der Waals surface area contributed by atoms with Crippen LogP contribution in [0.3, 0.4) is 0 Å². The van der Waals surface area contributed by atoms with Crippen LogP contribution in [-0.4, -0.2) is 17.3 Å². The molecular formula is C15H15N2O. The largest absolute Gasteiger partial charge is 0.480 e. The summed E-state index contributed by atoms with van der Waals surface area (Å²) in [7, 11) is 1.59. The molecule has 0 saturated carbocycles. The summed E-state index contributed by atoms with van der Waals surface area (Å²) in [4.78, 5) is 0. The van der Waals surface area contributed by atoms with E-state index in [9.17, 15) is 0 Å². The molecule has 0 unspecified atom stereocenters. The van der Waals surface area contributed by atoms with Gasteiger partial charge in [-0.1, -0.05) is 12.1 Å². The molecule has 0 atom stereocenters. The number of hydrogen-bond donors (Lipinski definition) is 0. The first-order valence-electron chi connectivity index (χ1n) is 6.21. The Morgan fingerprint density at radius 1 is 1.11 bits per heavy atom. The molecule has 1 heterocycles. The summed E-state index contributed by atoms with van der Waals surface area (Å²) >= 11 is 0. The van der Waals surface area contributed by atoms with Gasteiger partial charge in [-0.3, -0.25) is 0 Å². The van der Waals surface area contributed by atoms with Crippen molar-refractivity contribution in [3.63, 3.8) is 0 Å². The molecule has 0 fully saturated rings. The Kier molecular flexibility index (Phi) is 2.97. The minimum absolute atomic E-state index is 0.545. The summed E-state index contributed by atoms with van der Waals surface area (Å²) in [6.45, 7) is 0. The molecule has 0 N–H and O–H groups in total. The molecule has 3 rings (SSSR count). The number of rotatable bonds is 2. The van der Waals surface area contributed by atoms with Crippen molar-refractivity contribution in [3.05, 3.63) is 47.9 Å². The van der Waals surface area contributed by atoms with Gasteiger partial charge in [0.2, 0.25) is 5.88 Å². The Morgan fingerprint density at radius 3 is 2.83 bits per heavy atom. The van der Waals surface area contributed by atoms with Crippen LogP contribution in [0.2, 0.25) is 0 Å². The third-order valence-corrected chi connectivity index (χ3v) is 3.31. The maximum Gasteiger partial charge on any atom is 0.233 e. The molecule has 1 radical (unpaired) electrons.